The summed E-state index contributed by atoms with van der Waals surface area (Å²) in [5.41, 5.74) is 1.98. The van der Waals surface area contributed by atoms with E-state index in [2.05, 4.69) is 23.1 Å². The second-order valence-electron chi connectivity index (χ2n) is 5.51. The molecule has 21 heavy (non-hydrogen) atoms. The number of hydrogen-bond donors (Lipinski definition) is 0. The molecular weight excluding hydrogens is 262 g/mol. The van der Waals surface area contributed by atoms with Gasteiger partial charge in [-0.3, -0.25) is 4.90 Å². The minimum Gasteiger partial charge on any atom is -0.494 e. The first-order valence-electron chi connectivity index (χ1n) is 7.35. The number of rotatable bonds is 3. The highest BCUT2D eigenvalue weighted by Crippen LogP contribution is 2.24. The van der Waals surface area contributed by atoms with Gasteiger partial charge in [-0.2, -0.15) is 5.26 Å². The number of pyridine rings is 1. The lowest BCUT2D eigenvalue weighted by molar-refractivity contribution is 0.196. The molecule has 0 N–H and O–H groups in total. The first-order chi connectivity index (χ1) is 10.3. The van der Waals surface area contributed by atoms with Gasteiger partial charge in [-0.15, -0.1) is 0 Å². The maximum atomic E-state index is 8.95. The summed E-state index contributed by atoms with van der Waals surface area (Å²) in [6, 6.07) is 12.5. The number of fused-ring (bicyclic) bond motifs is 1. The largest absolute Gasteiger partial charge is 0.494 e. The average molecular weight is 281 g/mol. The van der Waals surface area contributed by atoms with E-state index >= 15 is 0 Å². The fourth-order valence-corrected chi connectivity index (χ4v) is 2.86. The first kappa shape index (κ1) is 13.8. The van der Waals surface area contributed by atoms with Gasteiger partial charge in [-0.05, 0) is 38.1 Å². The molecule has 108 valence electrons. The van der Waals surface area contributed by atoms with Gasteiger partial charge in [0.05, 0.1) is 18.9 Å². The van der Waals surface area contributed by atoms with Gasteiger partial charge in [0.15, 0.2) is 0 Å². The van der Waals surface area contributed by atoms with Gasteiger partial charge in [-0.1, -0.05) is 18.2 Å². The van der Waals surface area contributed by atoms with Crippen LogP contribution < -0.4 is 4.74 Å². The van der Waals surface area contributed by atoms with Crippen LogP contribution in [0, 0.1) is 17.2 Å². The molecule has 0 amide bonds. The zero-order valence-corrected chi connectivity index (χ0v) is 12.2. The summed E-state index contributed by atoms with van der Waals surface area (Å²) in [6.07, 6.45) is 1.93. The van der Waals surface area contributed by atoms with Crippen LogP contribution in [-0.4, -0.2) is 30.1 Å². The number of para-hydroxylation sites is 1. The standard InChI is InChI=1S/C17H19N3O/c1-21-16-4-2-3-14-5-6-15(19-17(14)16)12-20-9-7-13(11-18)8-10-20/h2-6,13H,7-10,12H2,1H3. The lowest BCUT2D eigenvalue weighted by atomic mass is 9.98. The first-order valence-corrected chi connectivity index (χ1v) is 7.35. The van der Waals surface area contributed by atoms with E-state index in [9.17, 15) is 0 Å². The molecular formula is C17H19N3O. The Kier molecular flexibility index (Phi) is 4.03. The van der Waals surface area contributed by atoms with Crippen molar-refractivity contribution in [3.8, 4) is 11.8 Å². The molecule has 0 spiro atoms. The molecule has 4 nitrogen and oxygen atoms in total. The summed E-state index contributed by atoms with van der Waals surface area (Å²) in [7, 11) is 1.68. The number of piperidine rings is 1. The molecule has 1 aliphatic heterocycles. The van der Waals surface area contributed by atoms with Gasteiger partial charge in [0.2, 0.25) is 0 Å². The van der Waals surface area contributed by atoms with Gasteiger partial charge in [0.25, 0.3) is 0 Å². The summed E-state index contributed by atoms with van der Waals surface area (Å²) in [5.74, 6) is 1.04. The van der Waals surface area contributed by atoms with Crippen LogP contribution >= 0.6 is 0 Å². The summed E-state index contributed by atoms with van der Waals surface area (Å²) < 4.78 is 5.39. The van der Waals surface area contributed by atoms with Gasteiger partial charge in [-0.25, -0.2) is 4.98 Å². The molecule has 0 bridgehead atoms. The van der Waals surface area contributed by atoms with Crippen molar-refractivity contribution in [1.29, 1.82) is 5.26 Å². The maximum absolute atomic E-state index is 8.95. The molecule has 2 aromatic rings. The molecule has 0 atom stereocenters. The van der Waals surface area contributed by atoms with E-state index < -0.39 is 0 Å². The molecule has 0 radical (unpaired) electrons. The third kappa shape index (κ3) is 2.98. The zero-order valence-electron chi connectivity index (χ0n) is 12.2. The molecule has 1 aromatic carbocycles. The second-order valence-corrected chi connectivity index (χ2v) is 5.51. The molecule has 1 saturated heterocycles. The second kappa shape index (κ2) is 6.11. The molecule has 2 heterocycles. The van der Waals surface area contributed by atoms with E-state index in [4.69, 9.17) is 15.0 Å². The highest BCUT2D eigenvalue weighted by molar-refractivity contribution is 5.84. The highest BCUT2D eigenvalue weighted by Gasteiger charge is 2.19. The van der Waals surface area contributed by atoms with Crippen molar-refractivity contribution in [3.05, 3.63) is 36.0 Å². The Labute approximate surface area is 125 Å². The van der Waals surface area contributed by atoms with Crippen LogP contribution in [0.5, 0.6) is 5.75 Å². The summed E-state index contributed by atoms with van der Waals surface area (Å²) in [5, 5.41) is 10.0. The fraction of sp³-hybridized carbons (Fsp3) is 0.412. The Hall–Kier alpha value is -2.12. The quantitative estimate of drug-likeness (QED) is 0.868. The van der Waals surface area contributed by atoms with Crippen LogP contribution in [-0.2, 0) is 6.54 Å². The average Bonchev–Trinajstić information content (AvgIpc) is 2.55. The van der Waals surface area contributed by atoms with E-state index in [1.807, 2.05) is 18.2 Å². The number of hydrogen-bond acceptors (Lipinski definition) is 4. The van der Waals surface area contributed by atoms with Crippen molar-refractivity contribution in [1.82, 2.24) is 9.88 Å². The van der Waals surface area contributed by atoms with E-state index in [1.165, 1.54) is 0 Å². The molecule has 4 heteroatoms. The van der Waals surface area contributed by atoms with Gasteiger partial charge >= 0.3 is 0 Å². The third-order valence-corrected chi connectivity index (χ3v) is 4.12. The number of methoxy groups -OCH3 is 1. The van der Waals surface area contributed by atoms with Crippen molar-refractivity contribution in [3.63, 3.8) is 0 Å². The number of ether oxygens (including phenoxy) is 1. The van der Waals surface area contributed by atoms with Gasteiger partial charge in [0, 0.05) is 17.8 Å². The van der Waals surface area contributed by atoms with Crippen molar-refractivity contribution >= 4 is 10.9 Å². The summed E-state index contributed by atoms with van der Waals surface area (Å²) in [6.45, 7) is 2.79. The van der Waals surface area contributed by atoms with Crippen molar-refractivity contribution in [2.75, 3.05) is 20.2 Å². The van der Waals surface area contributed by atoms with Gasteiger partial charge in [0.1, 0.15) is 11.3 Å². The van der Waals surface area contributed by atoms with E-state index in [0.717, 1.165) is 54.8 Å². The zero-order chi connectivity index (χ0) is 14.7. The van der Waals surface area contributed by atoms with Crippen LogP contribution in [0.3, 0.4) is 0 Å². The van der Waals surface area contributed by atoms with Crippen LogP contribution in [0.25, 0.3) is 10.9 Å². The summed E-state index contributed by atoms with van der Waals surface area (Å²) in [4.78, 5) is 7.12. The fourth-order valence-electron chi connectivity index (χ4n) is 2.86. The highest BCUT2D eigenvalue weighted by atomic mass is 16.5. The number of nitrogens with zero attached hydrogens (tertiary/aromatic N) is 3. The SMILES string of the molecule is COc1cccc2ccc(CN3CCC(C#N)CC3)nc12. The molecule has 0 aliphatic carbocycles. The van der Waals surface area contributed by atoms with E-state index in [1.54, 1.807) is 7.11 Å². The molecule has 3 rings (SSSR count). The summed E-state index contributed by atoms with van der Waals surface area (Å²) >= 11 is 0. The molecule has 1 fully saturated rings. The molecule has 0 saturated carbocycles. The topological polar surface area (TPSA) is 49.1 Å². The monoisotopic (exact) mass is 281 g/mol. The van der Waals surface area contributed by atoms with Gasteiger partial charge < -0.3 is 4.74 Å². The normalized spacial score (nSPS) is 16.8. The predicted octanol–water partition coefficient (Wildman–Crippen LogP) is 2.98. The molecule has 0 unspecified atom stereocenters. The van der Waals surface area contributed by atoms with Crippen LogP contribution in [0.2, 0.25) is 0 Å². The number of aromatic nitrogens is 1. The van der Waals surface area contributed by atoms with Crippen molar-refractivity contribution < 1.29 is 4.74 Å². The van der Waals surface area contributed by atoms with E-state index in [0.29, 0.717) is 0 Å². The Bertz CT molecular complexity index is 669. The van der Waals surface area contributed by atoms with Crippen LogP contribution in [0.4, 0.5) is 0 Å². The maximum Gasteiger partial charge on any atom is 0.145 e. The lowest BCUT2D eigenvalue weighted by Gasteiger charge is -2.28. The third-order valence-electron chi connectivity index (χ3n) is 4.12. The number of nitriles is 1. The minimum atomic E-state index is 0.228. The number of benzene rings is 1. The molecule has 1 aromatic heterocycles. The molecule has 1 aliphatic rings. The van der Waals surface area contributed by atoms with Crippen LogP contribution in [0.15, 0.2) is 30.3 Å². The van der Waals surface area contributed by atoms with Crippen LogP contribution in [0.1, 0.15) is 18.5 Å². The van der Waals surface area contributed by atoms with Crippen molar-refractivity contribution in [2.24, 2.45) is 5.92 Å². The number of likely N-dealkylation sites (tertiary alicyclic amines) is 1. The Morgan fingerprint density at radius 2 is 2.10 bits per heavy atom. The van der Waals surface area contributed by atoms with Crippen molar-refractivity contribution in [2.45, 2.75) is 19.4 Å². The predicted molar refractivity (Wildman–Crippen MR) is 81.9 cm³/mol. The Balaban J connectivity index is 1.77. The Morgan fingerprint density at radius 3 is 2.81 bits per heavy atom. The minimum absolute atomic E-state index is 0.228. The smallest absolute Gasteiger partial charge is 0.145 e. The Morgan fingerprint density at radius 1 is 1.29 bits per heavy atom. The van der Waals surface area contributed by atoms with E-state index in [-0.39, 0.29) is 5.92 Å². The lowest BCUT2D eigenvalue weighted by Crippen LogP contribution is -2.33.